The third kappa shape index (κ3) is 6.03. The van der Waals surface area contributed by atoms with Crippen molar-refractivity contribution in [1.29, 1.82) is 0 Å². The Labute approximate surface area is 392 Å². The van der Waals surface area contributed by atoms with Crippen molar-refractivity contribution in [2.75, 3.05) is 0 Å². The molecule has 0 radical (unpaired) electrons. The molecule has 2 aliphatic carbocycles. The number of hydrogen-bond donors (Lipinski definition) is 0. The van der Waals surface area contributed by atoms with Gasteiger partial charge < -0.3 is 9.13 Å². The fourth-order valence-corrected chi connectivity index (χ4v) is 14.4. The highest BCUT2D eigenvalue weighted by Gasteiger charge is 2.42. The van der Waals surface area contributed by atoms with E-state index in [1.165, 1.54) is 121 Å². The van der Waals surface area contributed by atoms with Crippen LogP contribution in [-0.2, 0) is 0 Å². The Morgan fingerprint density at radius 3 is 1.11 bits per heavy atom. The van der Waals surface area contributed by atoms with E-state index in [1.807, 2.05) is 0 Å². The number of aromatic nitrogens is 2. The van der Waals surface area contributed by atoms with Crippen molar-refractivity contribution >= 4 is 70.1 Å². The highest BCUT2D eigenvalue weighted by Crippen LogP contribution is 2.61. The van der Waals surface area contributed by atoms with Crippen LogP contribution in [0.4, 0.5) is 0 Å². The zero-order valence-corrected chi connectivity index (χ0v) is 42.2. The van der Waals surface area contributed by atoms with Gasteiger partial charge in [-0.1, -0.05) is 174 Å². The van der Waals surface area contributed by atoms with E-state index in [4.69, 9.17) is 0 Å². The molecule has 0 N–H and O–H groups in total. The molecule has 2 aliphatic rings. The molecule has 0 spiro atoms. The van der Waals surface area contributed by atoms with Crippen LogP contribution in [0.1, 0.15) is 73.6 Å². The first-order chi connectivity index (χ1) is 31.7. The first-order valence-corrected chi connectivity index (χ1v) is 31.3. The van der Waals surface area contributed by atoms with Crippen LogP contribution < -0.4 is 10.4 Å². The zero-order valence-electron chi connectivity index (χ0n) is 40.2. The van der Waals surface area contributed by atoms with E-state index in [0.29, 0.717) is 11.8 Å². The van der Waals surface area contributed by atoms with Crippen LogP contribution in [0, 0.1) is 0 Å². The molecule has 0 saturated carbocycles. The smallest absolute Gasteiger partial charge is 0.0776 e. The average molecular weight is 889 g/mol. The predicted octanol–water partition coefficient (Wildman–Crippen LogP) is 16.4. The minimum absolute atomic E-state index is 0.260. The Hall–Kier alpha value is -6.21. The van der Waals surface area contributed by atoms with Crippen molar-refractivity contribution in [2.24, 2.45) is 0 Å². The maximum absolute atomic E-state index is 2.63. The highest BCUT2D eigenvalue weighted by atomic mass is 28.3. The molecular formula is C62H60N2Si2. The summed E-state index contributed by atoms with van der Waals surface area (Å²) in [5, 5.41) is 8.43. The van der Waals surface area contributed by atoms with E-state index in [-0.39, 0.29) is 11.8 Å². The molecule has 4 heteroatoms. The topological polar surface area (TPSA) is 9.86 Å². The van der Waals surface area contributed by atoms with Crippen LogP contribution in [0.15, 0.2) is 158 Å². The summed E-state index contributed by atoms with van der Waals surface area (Å²) in [6, 6.07) is 60.9. The van der Waals surface area contributed by atoms with E-state index < -0.39 is 16.1 Å². The SMILES string of the molecule is CC1c2cc3c4cc(-c5cccc([Si](C)(C)C)c5)ccc4n(-c4ccccc4)c3c3c2-c2c(cc4c5cc(-c6cccc([Si](C)(C)C)c6)ccc5n(-c5ccccc5)c4c2C(C)C3C)C1C. The fourth-order valence-electron chi connectivity index (χ4n) is 12.0. The van der Waals surface area contributed by atoms with E-state index in [9.17, 15) is 0 Å². The van der Waals surface area contributed by atoms with E-state index in [1.54, 1.807) is 0 Å². The molecule has 8 aromatic carbocycles. The van der Waals surface area contributed by atoms with Gasteiger partial charge >= 0.3 is 0 Å². The van der Waals surface area contributed by atoms with Gasteiger partial charge in [-0.25, -0.2) is 0 Å². The van der Waals surface area contributed by atoms with Gasteiger partial charge in [0.05, 0.1) is 38.2 Å². The molecule has 10 aromatic rings. The predicted molar refractivity (Wildman–Crippen MR) is 291 cm³/mol. The lowest BCUT2D eigenvalue weighted by Gasteiger charge is -2.42. The Morgan fingerprint density at radius 1 is 0.348 bits per heavy atom. The van der Waals surface area contributed by atoms with Crippen LogP contribution in [0.5, 0.6) is 0 Å². The molecule has 66 heavy (non-hydrogen) atoms. The lowest BCUT2D eigenvalue weighted by Crippen LogP contribution is -2.37. The second-order valence-electron chi connectivity index (χ2n) is 21.9. The number of rotatable bonds is 6. The third-order valence-electron chi connectivity index (χ3n) is 16.0. The molecule has 4 atom stereocenters. The average Bonchev–Trinajstić information content (AvgIpc) is 3.83. The summed E-state index contributed by atoms with van der Waals surface area (Å²) in [5.41, 5.74) is 21.9. The van der Waals surface area contributed by atoms with Crippen molar-refractivity contribution in [2.45, 2.75) is 90.6 Å². The van der Waals surface area contributed by atoms with E-state index in [2.05, 4.69) is 234 Å². The van der Waals surface area contributed by atoms with Crippen molar-refractivity contribution in [3.05, 3.63) is 180 Å². The normalized spacial score (nSPS) is 18.2. The molecule has 2 heterocycles. The minimum Gasteiger partial charge on any atom is -0.309 e. The molecule has 2 aromatic heterocycles. The van der Waals surface area contributed by atoms with Gasteiger partial charge in [-0.15, -0.1) is 0 Å². The maximum Gasteiger partial charge on any atom is 0.0776 e. The summed E-state index contributed by atoms with van der Waals surface area (Å²) < 4.78 is 5.22. The number of benzene rings is 8. The summed E-state index contributed by atoms with van der Waals surface area (Å²) in [7, 11) is -2.99. The standard InChI is InChI=1S/C62H60N2Si2/c1-37-38(2)50-36-54-52-34-44(42-20-18-26-48(32-42)66(8,9)10)28-30-56(52)64(46-23-15-12-16-24-46)62(54)58-40(4)39(3)57-59(60(50)58)49(37)35-53-51-33-43(41-19-17-25-47(31-41)65(5,6)7)27-29-55(51)63(61(53)57)45-21-13-11-14-22-45/h11-40H,1-10H3. The molecule has 4 unspecified atom stereocenters. The van der Waals surface area contributed by atoms with Gasteiger partial charge in [0.25, 0.3) is 0 Å². The second-order valence-corrected chi connectivity index (χ2v) is 32.1. The molecule has 0 bridgehead atoms. The van der Waals surface area contributed by atoms with Crippen molar-refractivity contribution in [3.8, 4) is 44.8 Å². The van der Waals surface area contributed by atoms with Crippen LogP contribution in [-0.4, -0.2) is 25.3 Å². The van der Waals surface area contributed by atoms with Crippen LogP contribution in [0.3, 0.4) is 0 Å². The van der Waals surface area contributed by atoms with Crippen LogP contribution >= 0.6 is 0 Å². The number of hydrogen-bond acceptors (Lipinski definition) is 0. The zero-order chi connectivity index (χ0) is 45.6. The Balaban J connectivity index is 1.19. The number of nitrogens with zero attached hydrogens (tertiary/aromatic N) is 2. The highest BCUT2D eigenvalue weighted by molar-refractivity contribution is 6.89. The Kier molecular flexibility index (Phi) is 9.15. The number of para-hydroxylation sites is 2. The summed E-state index contributed by atoms with van der Waals surface area (Å²) >= 11 is 0. The second kappa shape index (κ2) is 14.6. The first kappa shape index (κ1) is 41.2. The molecular weight excluding hydrogens is 829 g/mol. The monoisotopic (exact) mass is 888 g/mol. The van der Waals surface area contributed by atoms with Gasteiger partial charge in [-0.3, -0.25) is 0 Å². The molecule has 0 saturated heterocycles. The van der Waals surface area contributed by atoms with E-state index in [0.717, 1.165) is 0 Å². The Morgan fingerprint density at radius 2 is 0.727 bits per heavy atom. The van der Waals surface area contributed by atoms with E-state index >= 15 is 0 Å². The summed E-state index contributed by atoms with van der Waals surface area (Å²) in [6.07, 6.45) is 0. The quantitative estimate of drug-likeness (QED) is 0.147. The molecule has 0 aliphatic heterocycles. The summed E-state index contributed by atoms with van der Waals surface area (Å²) in [4.78, 5) is 0. The Bertz CT molecular complexity index is 3370. The first-order valence-electron chi connectivity index (χ1n) is 24.3. The lowest BCUT2D eigenvalue weighted by atomic mass is 9.62. The molecule has 326 valence electrons. The van der Waals surface area contributed by atoms with Gasteiger partial charge in [-0.2, -0.15) is 0 Å². The minimum atomic E-state index is -1.50. The fraction of sp³-hybridized carbons (Fsp3) is 0.226. The van der Waals surface area contributed by atoms with Gasteiger partial charge in [0.1, 0.15) is 0 Å². The largest absolute Gasteiger partial charge is 0.309 e. The van der Waals surface area contributed by atoms with Gasteiger partial charge in [-0.05, 0) is 140 Å². The van der Waals surface area contributed by atoms with Crippen molar-refractivity contribution in [1.82, 2.24) is 9.13 Å². The molecule has 12 rings (SSSR count). The van der Waals surface area contributed by atoms with Gasteiger partial charge in [0, 0.05) is 32.9 Å². The van der Waals surface area contributed by atoms with Gasteiger partial charge in [0.2, 0.25) is 0 Å². The molecule has 0 amide bonds. The summed E-state index contributed by atoms with van der Waals surface area (Å²) in [5.74, 6) is 1.21. The maximum atomic E-state index is 2.63. The number of fused-ring (bicyclic) bond motifs is 8. The third-order valence-corrected chi connectivity index (χ3v) is 20.1. The molecule has 0 fully saturated rings. The summed E-state index contributed by atoms with van der Waals surface area (Å²) in [6.45, 7) is 24.7. The molecule has 2 nitrogen and oxygen atoms in total. The van der Waals surface area contributed by atoms with Crippen LogP contribution in [0.25, 0.3) is 88.4 Å². The van der Waals surface area contributed by atoms with Crippen molar-refractivity contribution < 1.29 is 0 Å². The van der Waals surface area contributed by atoms with Gasteiger partial charge in [0.15, 0.2) is 0 Å². The van der Waals surface area contributed by atoms with Crippen LogP contribution in [0.2, 0.25) is 39.3 Å². The van der Waals surface area contributed by atoms with Crippen molar-refractivity contribution in [3.63, 3.8) is 0 Å². The lowest BCUT2D eigenvalue weighted by molar-refractivity contribution is 0.584.